The van der Waals surface area contributed by atoms with E-state index in [1.165, 1.54) is 7.11 Å². The largest absolute Gasteiger partial charge is 0.469 e. The summed E-state index contributed by atoms with van der Waals surface area (Å²) >= 11 is 0. The highest BCUT2D eigenvalue weighted by Crippen LogP contribution is 2.03. The molecule has 0 amide bonds. The smallest absolute Gasteiger partial charge is 0.312 e. The molecule has 1 rings (SSSR count). The Bertz CT molecular complexity index is 109. The van der Waals surface area contributed by atoms with Gasteiger partial charge in [-0.1, -0.05) is 0 Å². The average molecular weight is 131 g/mol. The number of nitrogens with one attached hydrogen (secondary N) is 1. The second-order valence-corrected chi connectivity index (χ2v) is 1.88. The third-order valence-corrected chi connectivity index (χ3v) is 1.25. The molecule has 1 N–H and O–H groups in total. The zero-order chi connectivity index (χ0) is 6.69. The number of ether oxygens (including phenoxy) is 1. The van der Waals surface area contributed by atoms with Crippen molar-refractivity contribution in [2.75, 3.05) is 20.3 Å². The fourth-order valence-electron chi connectivity index (χ4n) is 0.696. The van der Waals surface area contributed by atoms with Crippen LogP contribution < -0.4 is 5.48 Å². The van der Waals surface area contributed by atoms with Gasteiger partial charge >= 0.3 is 5.97 Å². The Morgan fingerprint density at radius 2 is 2.67 bits per heavy atom. The molecule has 0 bridgehead atoms. The Hall–Kier alpha value is -0.610. The van der Waals surface area contributed by atoms with Crippen LogP contribution in [-0.2, 0) is 14.4 Å². The fourth-order valence-corrected chi connectivity index (χ4v) is 0.696. The lowest BCUT2D eigenvalue weighted by molar-refractivity contribution is -0.144. The minimum absolute atomic E-state index is 0.116. The van der Waals surface area contributed by atoms with Crippen LogP contribution in [0.3, 0.4) is 0 Å². The third-order valence-electron chi connectivity index (χ3n) is 1.25. The maximum absolute atomic E-state index is 10.7. The van der Waals surface area contributed by atoms with E-state index in [1.54, 1.807) is 0 Å². The van der Waals surface area contributed by atoms with Crippen molar-refractivity contribution in [3.8, 4) is 0 Å². The molecule has 9 heavy (non-hydrogen) atoms. The van der Waals surface area contributed by atoms with Crippen molar-refractivity contribution in [1.29, 1.82) is 0 Å². The zero-order valence-corrected chi connectivity index (χ0v) is 5.22. The molecule has 1 fully saturated rings. The number of hydroxylamine groups is 1. The Labute approximate surface area is 53.1 Å². The van der Waals surface area contributed by atoms with Crippen LogP contribution in [0.25, 0.3) is 0 Å². The molecule has 4 nitrogen and oxygen atoms in total. The van der Waals surface area contributed by atoms with Gasteiger partial charge in [0.05, 0.1) is 19.6 Å². The molecular formula is C5H9NO3. The first-order valence-electron chi connectivity index (χ1n) is 2.77. The van der Waals surface area contributed by atoms with Gasteiger partial charge in [-0.2, -0.15) is 0 Å². The van der Waals surface area contributed by atoms with Crippen LogP contribution >= 0.6 is 0 Å². The molecule has 1 aliphatic heterocycles. The summed E-state index contributed by atoms with van der Waals surface area (Å²) in [4.78, 5) is 15.4. The lowest BCUT2D eigenvalue weighted by atomic mass is 10.2. The monoisotopic (exact) mass is 131 g/mol. The van der Waals surface area contributed by atoms with Crippen molar-refractivity contribution in [2.24, 2.45) is 5.92 Å². The summed E-state index contributed by atoms with van der Waals surface area (Å²) in [7, 11) is 1.38. The summed E-state index contributed by atoms with van der Waals surface area (Å²) in [6, 6.07) is 0. The van der Waals surface area contributed by atoms with Gasteiger partial charge in [0, 0.05) is 6.54 Å². The Balaban J connectivity index is 2.32. The van der Waals surface area contributed by atoms with Gasteiger partial charge in [-0.3, -0.25) is 4.79 Å². The van der Waals surface area contributed by atoms with E-state index >= 15 is 0 Å². The van der Waals surface area contributed by atoms with E-state index in [0.717, 1.165) is 0 Å². The Morgan fingerprint density at radius 3 is 3.11 bits per heavy atom. The number of rotatable bonds is 1. The number of hydrogen-bond donors (Lipinski definition) is 1. The maximum Gasteiger partial charge on any atom is 0.312 e. The summed E-state index contributed by atoms with van der Waals surface area (Å²) in [6.45, 7) is 0.985. The SMILES string of the molecule is COC(=O)C1CNOC1. The number of methoxy groups -OCH3 is 1. The maximum atomic E-state index is 10.7. The first kappa shape index (κ1) is 6.51. The number of hydrogen-bond acceptors (Lipinski definition) is 4. The normalized spacial score (nSPS) is 26.1. The summed E-state index contributed by atoms with van der Waals surface area (Å²) in [5.41, 5.74) is 2.59. The number of esters is 1. The van der Waals surface area contributed by atoms with Gasteiger partial charge in [0.1, 0.15) is 0 Å². The second kappa shape index (κ2) is 2.80. The summed E-state index contributed by atoms with van der Waals surface area (Å²) < 4.78 is 4.48. The molecule has 1 heterocycles. The van der Waals surface area contributed by atoms with Gasteiger partial charge in [-0.25, -0.2) is 5.48 Å². The van der Waals surface area contributed by atoms with Gasteiger partial charge in [0.2, 0.25) is 0 Å². The second-order valence-electron chi connectivity index (χ2n) is 1.88. The van der Waals surface area contributed by atoms with Crippen molar-refractivity contribution in [3.63, 3.8) is 0 Å². The molecule has 0 aromatic heterocycles. The van der Waals surface area contributed by atoms with E-state index in [4.69, 9.17) is 4.84 Å². The highest BCUT2D eigenvalue weighted by Gasteiger charge is 2.23. The van der Waals surface area contributed by atoms with Crippen LogP contribution in [0.1, 0.15) is 0 Å². The van der Waals surface area contributed by atoms with Gasteiger partial charge in [0.25, 0.3) is 0 Å². The molecule has 0 aromatic rings. The predicted molar refractivity (Wildman–Crippen MR) is 29.5 cm³/mol. The molecule has 0 spiro atoms. The Kier molecular flexibility index (Phi) is 2.02. The van der Waals surface area contributed by atoms with Gasteiger partial charge in [-0.15, -0.1) is 0 Å². The van der Waals surface area contributed by atoms with E-state index in [9.17, 15) is 4.79 Å². The first-order valence-corrected chi connectivity index (χ1v) is 2.77. The van der Waals surface area contributed by atoms with Crippen LogP contribution in [0.4, 0.5) is 0 Å². The third kappa shape index (κ3) is 1.40. The average Bonchev–Trinajstić information content (AvgIpc) is 2.37. The van der Waals surface area contributed by atoms with Crippen molar-refractivity contribution < 1.29 is 14.4 Å². The molecule has 0 aromatic carbocycles. The lowest BCUT2D eigenvalue weighted by Gasteiger charge is -2.00. The van der Waals surface area contributed by atoms with Crippen LogP contribution in [-0.4, -0.2) is 26.2 Å². The molecule has 4 heteroatoms. The standard InChI is InChI=1S/C5H9NO3/c1-8-5(7)4-2-6-9-3-4/h4,6H,2-3H2,1H3. The van der Waals surface area contributed by atoms with Crippen LogP contribution in [0.5, 0.6) is 0 Å². The quantitative estimate of drug-likeness (QED) is 0.478. The lowest BCUT2D eigenvalue weighted by Crippen LogP contribution is -2.20. The number of carbonyl (C=O) groups excluding carboxylic acids is 1. The molecule has 0 saturated carbocycles. The van der Waals surface area contributed by atoms with E-state index < -0.39 is 0 Å². The topological polar surface area (TPSA) is 47.6 Å². The van der Waals surface area contributed by atoms with Crippen LogP contribution in [0, 0.1) is 5.92 Å². The molecule has 1 atom stereocenters. The Morgan fingerprint density at radius 1 is 1.89 bits per heavy atom. The van der Waals surface area contributed by atoms with Crippen molar-refractivity contribution in [2.45, 2.75) is 0 Å². The molecule has 0 aliphatic carbocycles. The van der Waals surface area contributed by atoms with Crippen LogP contribution in [0.15, 0.2) is 0 Å². The molecule has 1 unspecified atom stereocenters. The zero-order valence-electron chi connectivity index (χ0n) is 5.22. The molecule has 1 saturated heterocycles. The molecule has 0 radical (unpaired) electrons. The molecular weight excluding hydrogens is 122 g/mol. The minimum atomic E-state index is -0.208. The minimum Gasteiger partial charge on any atom is -0.469 e. The summed E-state index contributed by atoms with van der Waals surface area (Å²) in [6.07, 6.45) is 0. The first-order chi connectivity index (χ1) is 4.34. The highest BCUT2D eigenvalue weighted by atomic mass is 16.7. The van der Waals surface area contributed by atoms with Crippen molar-refractivity contribution in [1.82, 2.24) is 5.48 Å². The molecule has 52 valence electrons. The van der Waals surface area contributed by atoms with Gasteiger partial charge in [0.15, 0.2) is 0 Å². The van der Waals surface area contributed by atoms with E-state index in [1.807, 2.05) is 0 Å². The fraction of sp³-hybridized carbons (Fsp3) is 0.800. The van der Waals surface area contributed by atoms with Crippen molar-refractivity contribution >= 4 is 5.97 Å². The van der Waals surface area contributed by atoms with Gasteiger partial charge < -0.3 is 9.57 Å². The molecule has 1 aliphatic rings. The number of carbonyl (C=O) groups is 1. The van der Waals surface area contributed by atoms with Crippen molar-refractivity contribution in [3.05, 3.63) is 0 Å². The van der Waals surface area contributed by atoms with E-state index in [-0.39, 0.29) is 11.9 Å². The van der Waals surface area contributed by atoms with Gasteiger partial charge in [-0.05, 0) is 0 Å². The predicted octanol–water partition coefficient (Wildman–Crippen LogP) is -0.690. The highest BCUT2D eigenvalue weighted by molar-refractivity contribution is 5.72. The van der Waals surface area contributed by atoms with Crippen LogP contribution in [0.2, 0.25) is 0 Å². The summed E-state index contributed by atoms with van der Waals surface area (Å²) in [5, 5.41) is 0. The summed E-state index contributed by atoms with van der Waals surface area (Å²) in [5.74, 6) is -0.324. The van der Waals surface area contributed by atoms with E-state index in [2.05, 4.69) is 10.2 Å². The van der Waals surface area contributed by atoms with E-state index in [0.29, 0.717) is 13.2 Å².